The molecule has 0 spiro atoms. The molecule has 1 amide bonds. The minimum atomic E-state index is -0.0540. The summed E-state index contributed by atoms with van der Waals surface area (Å²) >= 11 is 7.33. The van der Waals surface area contributed by atoms with Gasteiger partial charge in [0.15, 0.2) is 11.0 Å². The molecule has 0 radical (unpaired) electrons. The van der Waals surface area contributed by atoms with Crippen molar-refractivity contribution in [3.63, 3.8) is 0 Å². The smallest absolute Gasteiger partial charge is 0.230 e. The molecule has 0 aliphatic rings. The first-order chi connectivity index (χ1) is 13.7. The normalized spacial score (nSPS) is 10.9. The van der Waals surface area contributed by atoms with E-state index in [4.69, 9.17) is 20.8 Å². The Kier molecular flexibility index (Phi) is 7.53. The third-order valence-electron chi connectivity index (χ3n) is 3.89. The highest BCUT2D eigenvalue weighted by atomic mass is 35.5. The first-order valence-electron chi connectivity index (χ1n) is 8.77. The van der Waals surface area contributed by atoms with E-state index in [2.05, 4.69) is 15.5 Å². The number of benzene rings is 1. The van der Waals surface area contributed by atoms with Gasteiger partial charge in [-0.25, -0.2) is 0 Å². The van der Waals surface area contributed by atoms with Gasteiger partial charge >= 0.3 is 0 Å². The number of furan rings is 1. The topological polar surface area (TPSA) is 82.2 Å². The predicted molar refractivity (Wildman–Crippen MR) is 109 cm³/mol. The lowest BCUT2D eigenvalue weighted by Gasteiger charge is -2.09. The molecular formula is C19H21ClN4O3S. The van der Waals surface area contributed by atoms with Gasteiger partial charge in [0.25, 0.3) is 0 Å². The monoisotopic (exact) mass is 420 g/mol. The van der Waals surface area contributed by atoms with Crippen molar-refractivity contribution in [1.82, 2.24) is 20.1 Å². The number of hydrogen-bond acceptors (Lipinski definition) is 6. The molecule has 0 saturated heterocycles. The van der Waals surface area contributed by atoms with Crippen molar-refractivity contribution < 1.29 is 13.9 Å². The number of carbonyl (C=O) groups excluding carboxylic acids is 1. The summed E-state index contributed by atoms with van der Waals surface area (Å²) in [5.74, 6) is 1.67. The molecule has 28 heavy (non-hydrogen) atoms. The summed E-state index contributed by atoms with van der Waals surface area (Å²) in [5, 5.41) is 12.8. The Morgan fingerprint density at radius 3 is 2.82 bits per heavy atom. The Morgan fingerprint density at radius 1 is 1.29 bits per heavy atom. The lowest BCUT2D eigenvalue weighted by molar-refractivity contribution is -0.118. The van der Waals surface area contributed by atoms with E-state index in [9.17, 15) is 4.79 Å². The van der Waals surface area contributed by atoms with Crippen molar-refractivity contribution in [2.45, 2.75) is 18.1 Å². The molecule has 3 rings (SSSR count). The van der Waals surface area contributed by atoms with Crippen LogP contribution in [0.15, 0.2) is 52.2 Å². The van der Waals surface area contributed by atoms with Crippen molar-refractivity contribution in [3.8, 4) is 11.4 Å². The summed E-state index contributed by atoms with van der Waals surface area (Å²) in [5.41, 5.74) is 0.888. The number of hydrogen-bond donors (Lipinski definition) is 1. The summed E-state index contributed by atoms with van der Waals surface area (Å²) in [6, 6.07) is 11.1. The molecule has 2 aromatic heterocycles. The van der Waals surface area contributed by atoms with E-state index in [1.807, 2.05) is 41.0 Å². The molecule has 0 bridgehead atoms. The maximum atomic E-state index is 12.1. The van der Waals surface area contributed by atoms with Gasteiger partial charge in [0.2, 0.25) is 5.91 Å². The fourth-order valence-corrected chi connectivity index (χ4v) is 3.43. The van der Waals surface area contributed by atoms with Gasteiger partial charge in [-0.15, -0.1) is 10.2 Å². The Hall–Kier alpha value is -2.29. The van der Waals surface area contributed by atoms with Crippen LogP contribution in [0.5, 0.6) is 0 Å². The van der Waals surface area contributed by atoms with Crippen molar-refractivity contribution in [1.29, 1.82) is 0 Å². The molecule has 7 nitrogen and oxygen atoms in total. The zero-order valence-corrected chi connectivity index (χ0v) is 17.0. The molecule has 1 aromatic carbocycles. The number of rotatable bonds is 10. The second kappa shape index (κ2) is 10.3. The molecule has 2 heterocycles. The summed E-state index contributed by atoms with van der Waals surface area (Å²) in [7, 11) is 1.64. The maximum absolute atomic E-state index is 12.1. The summed E-state index contributed by atoms with van der Waals surface area (Å²) in [6.07, 6.45) is 2.41. The van der Waals surface area contributed by atoms with Gasteiger partial charge in [0.1, 0.15) is 5.76 Å². The van der Waals surface area contributed by atoms with E-state index >= 15 is 0 Å². The molecule has 9 heteroatoms. The fourth-order valence-electron chi connectivity index (χ4n) is 2.53. The van der Waals surface area contributed by atoms with Crippen LogP contribution in [0, 0.1) is 0 Å². The van der Waals surface area contributed by atoms with E-state index in [-0.39, 0.29) is 11.7 Å². The Labute approximate surface area is 172 Å². The van der Waals surface area contributed by atoms with E-state index in [1.54, 1.807) is 13.4 Å². The van der Waals surface area contributed by atoms with Gasteiger partial charge in [-0.05, 0) is 42.8 Å². The van der Waals surface area contributed by atoms with E-state index < -0.39 is 0 Å². The molecule has 3 aromatic rings. The summed E-state index contributed by atoms with van der Waals surface area (Å²) in [4.78, 5) is 12.1. The van der Waals surface area contributed by atoms with E-state index in [1.165, 1.54) is 11.8 Å². The van der Waals surface area contributed by atoms with Crippen LogP contribution in [0.2, 0.25) is 5.02 Å². The molecule has 0 aliphatic heterocycles. The number of nitrogens with one attached hydrogen (secondary N) is 1. The molecule has 0 aliphatic carbocycles. The second-order valence-corrected chi connectivity index (χ2v) is 7.34. The van der Waals surface area contributed by atoms with Crippen molar-refractivity contribution in [2.24, 2.45) is 0 Å². The van der Waals surface area contributed by atoms with Crippen LogP contribution in [0.3, 0.4) is 0 Å². The lowest BCUT2D eigenvalue weighted by atomic mass is 10.2. The van der Waals surface area contributed by atoms with Gasteiger partial charge in [-0.3, -0.25) is 9.36 Å². The van der Waals surface area contributed by atoms with Crippen molar-refractivity contribution in [2.75, 3.05) is 26.0 Å². The van der Waals surface area contributed by atoms with Gasteiger partial charge in [0, 0.05) is 30.8 Å². The quantitative estimate of drug-likeness (QED) is 0.399. The molecule has 1 N–H and O–H groups in total. The van der Waals surface area contributed by atoms with Gasteiger partial charge in [0.05, 0.1) is 18.6 Å². The minimum absolute atomic E-state index is 0.0540. The predicted octanol–water partition coefficient (Wildman–Crippen LogP) is 3.48. The highest BCUT2D eigenvalue weighted by Crippen LogP contribution is 2.26. The van der Waals surface area contributed by atoms with Gasteiger partial charge in [-0.2, -0.15) is 0 Å². The molecule has 0 fully saturated rings. The zero-order chi connectivity index (χ0) is 19.8. The van der Waals surface area contributed by atoms with Gasteiger partial charge in [-0.1, -0.05) is 23.4 Å². The largest absolute Gasteiger partial charge is 0.467 e. The third kappa shape index (κ3) is 5.60. The number of halogens is 1. The molecule has 148 valence electrons. The van der Waals surface area contributed by atoms with Crippen LogP contribution < -0.4 is 5.32 Å². The zero-order valence-electron chi connectivity index (χ0n) is 15.4. The lowest BCUT2D eigenvalue weighted by Crippen LogP contribution is -2.27. The van der Waals surface area contributed by atoms with E-state index in [0.717, 1.165) is 17.7 Å². The Balaban J connectivity index is 1.73. The first-order valence-corrected chi connectivity index (χ1v) is 10.1. The number of methoxy groups -OCH3 is 1. The van der Waals surface area contributed by atoms with Crippen LogP contribution in [-0.4, -0.2) is 46.7 Å². The molecule has 0 saturated carbocycles. The maximum Gasteiger partial charge on any atom is 0.230 e. The average molecular weight is 421 g/mol. The van der Waals surface area contributed by atoms with Gasteiger partial charge < -0.3 is 14.5 Å². The number of ether oxygens (including phenoxy) is 1. The number of thioether (sulfide) groups is 1. The Bertz CT molecular complexity index is 881. The van der Waals surface area contributed by atoms with Crippen LogP contribution >= 0.6 is 23.4 Å². The SMILES string of the molecule is COCCCNC(=O)CSc1nnc(-c2ccc(Cl)cc2)n1Cc1ccco1. The van der Waals surface area contributed by atoms with Crippen molar-refractivity contribution >= 4 is 29.3 Å². The highest BCUT2D eigenvalue weighted by molar-refractivity contribution is 7.99. The third-order valence-corrected chi connectivity index (χ3v) is 5.11. The van der Waals surface area contributed by atoms with Crippen LogP contribution in [0.1, 0.15) is 12.2 Å². The highest BCUT2D eigenvalue weighted by Gasteiger charge is 2.17. The first kappa shape index (κ1) is 20.4. The number of aromatic nitrogens is 3. The minimum Gasteiger partial charge on any atom is -0.467 e. The average Bonchev–Trinajstić information content (AvgIpc) is 3.35. The Morgan fingerprint density at radius 2 is 2.11 bits per heavy atom. The molecule has 0 atom stereocenters. The molecular weight excluding hydrogens is 400 g/mol. The number of amides is 1. The van der Waals surface area contributed by atoms with Crippen LogP contribution in [-0.2, 0) is 16.1 Å². The van der Waals surface area contributed by atoms with Crippen LogP contribution in [0.4, 0.5) is 0 Å². The fraction of sp³-hybridized carbons (Fsp3) is 0.316. The number of carbonyl (C=O) groups is 1. The van der Waals surface area contributed by atoms with E-state index in [0.29, 0.717) is 35.7 Å². The standard InChI is InChI=1S/C19H21ClN4O3S/c1-26-10-3-9-21-17(25)13-28-19-23-22-18(14-5-7-15(20)8-6-14)24(19)12-16-4-2-11-27-16/h2,4-8,11H,3,9-10,12-13H2,1H3,(H,21,25). The molecule has 0 unspecified atom stereocenters. The summed E-state index contributed by atoms with van der Waals surface area (Å²) < 4.78 is 12.4. The van der Waals surface area contributed by atoms with Crippen molar-refractivity contribution in [3.05, 3.63) is 53.4 Å². The summed E-state index contributed by atoms with van der Waals surface area (Å²) in [6.45, 7) is 1.67. The second-order valence-electron chi connectivity index (χ2n) is 5.96. The van der Waals surface area contributed by atoms with Crippen LogP contribution in [0.25, 0.3) is 11.4 Å². The number of nitrogens with zero attached hydrogens (tertiary/aromatic N) is 3.